The van der Waals surface area contributed by atoms with Crippen molar-refractivity contribution in [3.63, 3.8) is 0 Å². The minimum atomic E-state index is 0.0520. The minimum Gasteiger partial charge on any atom is -0.496 e. The standard InChI is InChI=1S/C27H38N2O4/c1-20(2)29(18-25-17-28-16-23(25)14-21-8-6-5-7-9-21)27(30)22-10-11-26(32-4)24(15-22)19-33-13-12-31-3/h5-11,15,20,23,25,28H,12-14,16-19H2,1-4H3/t23-,25-/m0/s1. The van der Waals surface area contributed by atoms with Gasteiger partial charge in [-0.25, -0.2) is 0 Å². The molecule has 6 heteroatoms. The van der Waals surface area contributed by atoms with Gasteiger partial charge in [0.2, 0.25) is 0 Å². The van der Waals surface area contributed by atoms with Crippen molar-refractivity contribution in [3.8, 4) is 5.75 Å². The second-order valence-electron chi connectivity index (χ2n) is 8.99. The molecule has 1 N–H and O–H groups in total. The molecule has 3 rings (SSSR count). The molecule has 0 spiro atoms. The summed E-state index contributed by atoms with van der Waals surface area (Å²) >= 11 is 0. The fourth-order valence-electron chi connectivity index (χ4n) is 4.45. The number of amides is 1. The van der Waals surface area contributed by atoms with Gasteiger partial charge in [-0.05, 0) is 69.0 Å². The zero-order valence-electron chi connectivity index (χ0n) is 20.4. The number of ether oxygens (including phenoxy) is 3. The van der Waals surface area contributed by atoms with E-state index in [9.17, 15) is 4.79 Å². The molecule has 1 amide bonds. The van der Waals surface area contributed by atoms with Gasteiger partial charge in [0.05, 0.1) is 26.9 Å². The summed E-state index contributed by atoms with van der Waals surface area (Å²) in [6.45, 7) is 8.25. The molecule has 6 nitrogen and oxygen atoms in total. The van der Waals surface area contributed by atoms with Crippen LogP contribution < -0.4 is 10.1 Å². The SMILES string of the molecule is COCCOCc1cc(C(=O)N(C[C@@H]2CNC[C@@H]2Cc2ccccc2)C(C)C)ccc1OC. The highest BCUT2D eigenvalue weighted by molar-refractivity contribution is 5.94. The van der Waals surface area contributed by atoms with Crippen molar-refractivity contribution in [3.05, 3.63) is 65.2 Å². The highest BCUT2D eigenvalue weighted by Gasteiger charge is 2.31. The normalized spacial score (nSPS) is 18.0. The van der Waals surface area contributed by atoms with Gasteiger partial charge in [-0.15, -0.1) is 0 Å². The number of hydrogen-bond donors (Lipinski definition) is 1. The molecule has 1 aliphatic heterocycles. The molecule has 0 unspecified atom stereocenters. The lowest BCUT2D eigenvalue weighted by atomic mass is 9.89. The molecule has 2 aromatic rings. The summed E-state index contributed by atoms with van der Waals surface area (Å²) in [5.41, 5.74) is 2.89. The second-order valence-corrected chi connectivity index (χ2v) is 8.99. The fraction of sp³-hybridized carbons (Fsp3) is 0.519. The lowest BCUT2D eigenvalue weighted by Crippen LogP contribution is -2.42. The molecule has 1 heterocycles. The third-order valence-corrected chi connectivity index (χ3v) is 6.35. The van der Waals surface area contributed by atoms with Crippen LogP contribution in [0.3, 0.4) is 0 Å². The molecule has 0 aromatic heterocycles. The predicted molar refractivity (Wildman–Crippen MR) is 131 cm³/mol. The van der Waals surface area contributed by atoms with Crippen LogP contribution in [0.25, 0.3) is 0 Å². The van der Waals surface area contributed by atoms with Crippen molar-refractivity contribution in [2.75, 3.05) is 47.1 Å². The number of nitrogens with zero attached hydrogens (tertiary/aromatic N) is 1. The number of methoxy groups -OCH3 is 2. The molecule has 1 fully saturated rings. The van der Waals surface area contributed by atoms with Crippen LogP contribution in [0.1, 0.15) is 35.3 Å². The average Bonchev–Trinajstić information content (AvgIpc) is 3.26. The van der Waals surface area contributed by atoms with Crippen molar-refractivity contribution in [1.29, 1.82) is 0 Å². The Balaban J connectivity index is 1.71. The summed E-state index contributed by atoms with van der Waals surface area (Å²) in [4.78, 5) is 15.6. The van der Waals surface area contributed by atoms with E-state index in [2.05, 4.69) is 49.5 Å². The van der Waals surface area contributed by atoms with E-state index in [0.717, 1.165) is 37.4 Å². The van der Waals surface area contributed by atoms with Crippen LogP contribution >= 0.6 is 0 Å². The van der Waals surface area contributed by atoms with Crippen LogP contribution in [0.2, 0.25) is 0 Å². The number of rotatable bonds is 12. The molecule has 0 aliphatic carbocycles. The van der Waals surface area contributed by atoms with Crippen molar-refractivity contribution >= 4 is 5.91 Å². The van der Waals surface area contributed by atoms with E-state index in [4.69, 9.17) is 14.2 Å². The van der Waals surface area contributed by atoms with Gasteiger partial charge >= 0.3 is 0 Å². The molecule has 1 saturated heterocycles. The lowest BCUT2D eigenvalue weighted by Gasteiger charge is -2.32. The molecule has 33 heavy (non-hydrogen) atoms. The molecule has 2 aromatic carbocycles. The van der Waals surface area contributed by atoms with Gasteiger partial charge in [-0.1, -0.05) is 30.3 Å². The van der Waals surface area contributed by atoms with Crippen molar-refractivity contribution in [1.82, 2.24) is 10.2 Å². The van der Waals surface area contributed by atoms with E-state index in [-0.39, 0.29) is 11.9 Å². The highest BCUT2D eigenvalue weighted by Crippen LogP contribution is 2.26. The maximum absolute atomic E-state index is 13.6. The Morgan fingerprint density at radius 2 is 1.82 bits per heavy atom. The Labute approximate surface area is 198 Å². The molecule has 0 saturated carbocycles. The van der Waals surface area contributed by atoms with Crippen LogP contribution in [0.15, 0.2) is 48.5 Å². The van der Waals surface area contributed by atoms with Crippen molar-refractivity contribution < 1.29 is 19.0 Å². The number of nitrogens with one attached hydrogen (secondary N) is 1. The van der Waals surface area contributed by atoms with Gasteiger partial charge in [0.15, 0.2) is 0 Å². The molecule has 2 atom stereocenters. The van der Waals surface area contributed by atoms with Crippen molar-refractivity contribution in [2.24, 2.45) is 11.8 Å². The average molecular weight is 455 g/mol. The Bertz CT molecular complexity index is 872. The van der Waals surface area contributed by atoms with E-state index in [1.54, 1.807) is 14.2 Å². The predicted octanol–water partition coefficient (Wildman–Crippen LogP) is 3.79. The maximum Gasteiger partial charge on any atom is 0.254 e. The van der Waals surface area contributed by atoms with E-state index >= 15 is 0 Å². The van der Waals surface area contributed by atoms with E-state index in [0.29, 0.717) is 37.2 Å². The van der Waals surface area contributed by atoms with Gasteiger partial charge in [0, 0.05) is 30.8 Å². The van der Waals surface area contributed by atoms with E-state index in [1.807, 2.05) is 23.1 Å². The quantitative estimate of drug-likeness (QED) is 0.495. The Kier molecular flexibility index (Phi) is 9.73. The fourth-order valence-corrected chi connectivity index (χ4v) is 4.45. The minimum absolute atomic E-state index is 0.0520. The first kappa shape index (κ1) is 25.2. The topological polar surface area (TPSA) is 60.0 Å². The van der Waals surface area contributed by atoms with E-state index < -0.39 is 0 Å². The summed E-state index contributed by atoms with van der Waals surface area (Å²) in [6, 6.07) is 16.3. The van der Waals surface area contributed by atoms with Gasteiger partial charge in [0.25, 0.3) is 5.91 Å². The summed E-state index contributed by atoms with van der Waals surface area (Å²) < 4.78 is 16.2. The maximum atomic E-state index is 13.6. The number of carbonyl (C=O) groups excluding carboxylic acids is 1. The first-order valence-corrected chi connectivity index (χ1v) is 11.8. The molecular weight excluding hydrogens is 416 g/mol. The zero-order chi connectivity index (χ0) is 23.6. The lowest BCUT2D eigenvalue weighted by molar-refractivity contribution is 0.0604. The van der Waals surface area contributed by atoms with Gasteiger partial charge in [-0.2, -0.15) is 0 Å². The number of hydrogen-bond acceptors (Lipinski definition) is 5. The van der Waals surface area contributed by atoms with Crippen LogP contribution in [0, 0.1) is 11.8 Å². The van der Waals surface area contributed by atoms with Gasteiger partial charge in [-0.3, -0.25) is 4.79 Å². The molecule has 0 radical (unpaired) electrons. The van der Waals surface area contributed by atoms with Gasteiger partial charge in [0.1, 0.15) is 5.75 Å². The summed E-state index contributed by atoms with van der Waals surface area (Å²) in [5, 5.41) is 3.54. The van der Waals surface area contributed by atoms with E-state index in [1.165, 1.54) is 5.56 Å². The van der Waals surface area contributed by atoms with Crippen LogP contribution in [-0.4, -0.2) is 63.9 Å². The molecule has 0 bridgehead atoms. The Morgan fingerprint density at radius 3 is 2.52 bits per heavy atom. The zero-order valence-corrected chi connectivity index (χ0v) is 20.4. The van der Waals surface area contributed by atoms with Gasteiger partial charge < -0.3 is 24.4 Å². The Morgan fingerprint density at radius 1 is 1.06 bits per heavy atom. The highest BCUT2D eigenvalue weighted by atomic mass is 16.5. The van der Waals surface area contributed by atoms with Crippen LogP contribution in [0.4, 0.5) is 0 Å². The van der Waals surface area contributed by atoms with Crippen molar-refractivity contribution in [2.45, 2.75) is 32.9 Å². The third-order valence-electron chi connectivity index (χ3n) is 6.35. The summed E-state index contributed by atoms with van der Waals surface area (Å²) in [6.07, 6.45) is 1.03. The number of carbonyl (C=O) groups is 1. The Hall–Kier alpha value is -2.41. The van der Waals surface area contributed by atoms with Crippen LogP contribution in [0.5, 0.6) is 5.75 Å². The van der Waals surface area contributed by atoms with Crippen LogP contribution in [-0.2, 0) is 22.5 Å². The monoisotopic (exact) mass is 454 g/mol. The molecule has 1 aliphatic rings. The third kappa shape index (κ3) is 7.03. The largest absolute Gasteiger partial charge is 0.496 e. The first-order valence-electron chi connectivity index (χ1n) is 11.8. The molecule has 180 valence electrons. The number of benzene rings is 2. The molecular formula is C27H38N2O4. The second kappa shape index (κ2) is 12.7. The summed E-state index contributed by atoms with van der Waals surface area (Å²) in [5.74, 6) is 1.72. The first-order chi connectivity index (χ1) is 16.0. The smallest absolute Gasteiger partial charge is 0.254 e. The summed E-state index contributed by atoms with van der Waals surface area (Å²) in [7, 11) is 3.28.